The van der Waals surface area contributed by atoms with Crippen molar-refractivity contribution in [1.29, 1.82) is 0 Å². The van der Waals surface area contributed by atoms with Crippen LogP contribution in [0.4, 0.5) is 0 Å². The van der Waals surface area contributed by atoms with Crippen molar-refractivity contribution in [3.05, 3.63) is 0 Å². The van der Waals surface area contributed by atoms with Gasteiger partial charge in [0.25, 0.3) is 0 Å². The van der Waals surface area contributed by atoms with Crippen molar-refractivity contribution in [2.45, 2.75) is 96.7 Å². The second kappa shape index (κ2) is 12.4. The van der Waals surface area contributed by atoms with Gasteiger partial charge in [0.2, 0.25) is 0 Å². The first-order chi connectivity index (χ1) is 8.20. The molecule has 104 valence electrons. The zero-order chi connectivity index (χ0) is 12.9. The van der Waals surface area contributed by atoms with E-state index in [9.17, 15) is 10.2 Å². The Bertz CT molecular complexity index is 148. The molecule has 0 aromatic carbocycles. The molecule has 2 N–H and O–H groups in total. The number of aliphatic hydroxyl groups excluding tert-OH is 2. The predicted molar refractivity (Wildman–Crippen MR) is 74.1 cm³/mol. The molecule has 0 radical (unpaired) electrons. The van der Waals surface area contributed by atoms with Gasteiger partial charge in [-0.05, 0) is 25.7 Å². The molecule has 0 saturated carbocycles. The summed E-state index contributed by atoms with van der Waals surface area (Å²) in [6.07, 6.45) is 11.5. The number of hydrogen-bond donors (Lipinski definition) is 2. The lowest BCUT2D eigenvalue weighted by Crippen LogP contribution is -2.08. The molecule has 0 rings (SSSR count). The molecule has 0 bridgehead atoms. The number of unbranched alkanes of at least 4 members (excludes halogenated alkanes) is 4. The Balaban J connectivity index is 3.25. The molecule has 2 atom stereocenters. The maximum atomic E-state index is 9.72. The van der Waals surface area contributed by atoms with E-state index in [1.807, 2.05) is 0 Å². The molecule has 0 saturated heterocycles. The monoisotopic (exact) mass is 244 g/mol. The van der Waals surface area contributed by atoms with Crippen molar-refractivity contribution in [3.63, 3.8) is 0 Å². The van der Waals surface area contributed by atoms with E-state index in [0.717, 1.165) is 57.8 Å². The van der Waals surface area contributed by atoms with Crippen LogP contribution in [0.5, 0.6) is 0 Å². The summed E-state index contributed by atoms with van der Waals surface area (Å²) in [5.74, 6) is 0. The van der Waals surface area contributed by atoms with Crippen LogP contribution < -0.4 is 0 Å². The van der Waals surface area contributed by atoms with Crippen molar-refractivity contribution in [2.75, 3.05) is 0 Å². The summed E-state index contributed by atoms with van der Waals surface area (Å²) in [7, 11) is 0. The van der Waals surface area contributed by atoms with Crippen LogP contribution >= 0.6 is 0 Å². The van der Waals surface area contributed by atoms with Gasteiger partial charge in [-0.25, -0.2) is 0 Å². The highest BCUT2D eigenvalue weighted by atomic mass is 16.3. The molecule has 0 unspecified atom stereocenters. The van der Waals surface area contributed by atoms with Gasteiger partial charge in [-0.3, -0.25) is 0 Å². The summed E-state index contributed by atoms with van der Waals surface area (Å²) in [6.45, 7) is 4.34. The van der Waals surface area contributed by atoms with Gasteiger partial charge >= 0.3 is 0 Å². The highest BCUT2D eigenvalue weighted by Crippen LogP contribution is 2.13. The van der Waals surface area contributed by atoms with Crippen LogP contribution in [0.2, 0.25) is 0 Å². The summed E-state index contributed by atoms with van der Waals surface area (Å²) >= 11 is 0. The van der Waals surface area contributed by atoms with E-state index in [2.05, 4.69) is 13.8 Å². The maximum absolute atomic E-state index is 9.72. The zero-order valence-electron chi connectivity index (χ0n) is 11.8. The first-order valence-corrected chi connectivity index (χ1v) is 7.56. The number of rotatable bonds is 12. The van der Waals surface area contributed by atoms with Gasteiger partial charge in [-0.2, -0.15) is 0 Å². The third-order valence-corrected chi connectivity index (χ3v) is 3.36. The fourth-order valence-electron chi connectivity index (χ4n) is 2.12. The van der Waals surface area contributed by atoms with Gasteiger partial charge in [0, 0.05) is 0 Å². The Kier molecular flexibility index (Phi) is 12.3. The summed E-state index contributed by atoms with van der Waals surface area (Å²) in [4.78, 5) is 0. The first kappa shape index (κ1) is 16.9. The average Bonchev–Trinajstić information content (AvgIpc) is 2.32. The van der Waals surface area contributed by atoms with E-state index in [0.29, 0.717) is 0 Å². The fourth-order valence-corrected chi connectivity index (χ4v) is 2.12. The van der Waals surface area contributed by atoms with Gasteiger partial charge in [0.1, 0.15) is 0 Å². The highest BCUT2D eigenvalue weighted by molar-refractivity contribution is 4.60. The van der Waals surface area contributed by atoms with Crippen LogP contribution in [0.3, 0.4) is 0 Å². The van der Waals surface area contributed by atoms with Gasteiger partial charge in [0.05, 0.1) is 12.2 Å². The third kappa shape index (κ3) is 12.2. The second-order valence-electron chi connectivity index (χ2n) is 5.23. The van der Waals surface area contributed by atoms with Gasteiger partial charge in [0.15, 0.2) is 0 Å². The minimum absolute atomic E-state index is 0.116. The van der Waals surface area contributed by atoms with Crippen molar-refractivity contribution < 1.29 is 10.2 Å². The van der Waals surface area contributed by atoms with Crippen molar-refractivity contribution in [3.8, 4) is 0 Å². The minimum atomic E-state index is -0.118. The Morgan fingerprint density at radius 3 is 1.35 bits per heavy atom. The highest BCUT2D eigenvalue weighted by Gasteiger charge is 2.06. The SMILES string of the molecule is CCCCC[C@H](O)CCCC[C@H](O)CCCC. The van der Waals surface area contributed by atoms with Crippen LogP contribution in [0.1, 0.15) is 84.5 Å². The molecular weight excluding hydrogens is 212 g/mol. The molecule has 0 heterocycles. The summed E-state index contributed by atoms with van der Waals surface area (Å²) < 4.78 is 0. The van der Waals surface area contributed by atoms with E-state index in [-0.39, 0.29) is 12.2 Å². The van der Waals surface area contributed by atoms with Crippen molar-refractivity contribution in [2.24, 2.45) is 0 Å². The molecule has 0 spiro atoms. The largest absolute Gasteiger partial charge is 0.393 e. The molecule has 2 heteroatoms. The van der Waals surface area contributed by atoms with E-state index in [4.69, 9.17) is 0 Å². The normalized spacial score (nSPS) is 14.8. The summed E-state index contributed by atoms with van der Waals surface area (Å²) in [5, 5.41) is 19.4. The molecule has 0 aliphatic carbocycles. The quantitative estimate of drug-likeness (QED) is 0.509. The molecule has 2 nitrogen and oxygen atoms in total. The molecule has 0 fully saturated rings. The topological polar surface area (TPSA) is 40.5 Å². The summed E-state index contributed by atoms with van der Waals surface area (Å²) in [5.41, 5.74) is 0. The van der Waals surface area contributed by atoms with E-state index >= 15 is 0 Å². The molecule has 0 aliphatic heterocycles. The molecule has 0 amide bonds. The number of aliphatic hydroxyl groups is 2. The van der Waals surface area contributed by atoms with Gasteiger partial charge < -0.3 is 10.2 Å². The van der Waals surface area contributed by atoms with Gasteiger partial charge in [-0.1, -0.05) is 58.8 Å². The number of hydrogen-bond acceptors (Lipinski definition) is 2. The fraction of sp³-hybridized carbons (Fsp3) is 1.00. The lowest BCUT2D eigenvalue weighted by molar-refractivity contribution is 0.132. The lowest BCUT2D eigenvalue weighted by Gasteiger charge is -2.12. The second-order valence-corrected chi connectivity index (χ2v) is 5.23. The molecule has 0 aliphatic rings. The predicted octanol–water partition coefficient (Wildman–Crippen LogP) is 4.04. The first-order valence-electron chi connectivity index (χ1n) is 7.56. The zero-order valence-corrected chi connectivity index (χ0v) is 11.8. The molecular formula is C15H32O2. The van der Waals surface area contributed by atoms with E-state index < -0.39 is 0 Å². The van der Waals surface area contributed by atoms with Crippen LogP contribution in [0.25, 0.3) is 0 Å². The molecule has 17 heavy (non-hydrogen) atoms. The smallest absolute Gasteiger partial charge is 0.0540 e. The van der Waals surface area contributed by atoms with E-state index in [1.165, 1.54) is 12.8 Å². The average molecular weight is 244 g/mol. The lowest BCUT2D eigenvalue weighted by atomic mass is 10.0. The van der Waals surface area contributed by atoms with Crippen LogP contribution in [0.15, 0.2) is 0 Å². The Morgan fingerprint density at radius 1 is 0.588 bits per heavy atom. The van der Waals surface area contributed by atoms with Crippen LogP contribution in [-0.2, 0) is 0 Å². The standard InChI is InChI=1S/C15H32O2/c1-3-5-7-11-15(17)13-9-8-12-14(16)10-6-4-2/h14-17H,3-13H2,1-2H3/t14-,15+/m1/s1. The Morgan fingerprint density at radius 2 is 0.941 bits per heavy atom. The van der Waals surface area contributed by atoms with Crippen molar-refractivity contribution >= 4 is 0 Å². The van der Waals surface area contributed by atoms with Crippen LogP contribution in [-0.4, -0.2) is 22.4 Å². The molecule has 0 aromatic rings. The van der Waals surface area contributed by atoms with E-state index in [1.54, 1.807) is 0 Å². The Labute approximate surface area is 107 Å². The maximum Gasteiger partial charge on any atom is 0.0540 e. The molecule has 0 aromatic heterocycles. The Hall–Kier alpha value is -0.0800. The third-order valence-electron chi connectivity index (χ3n) is 3.36. The minimum Gasteiger partial charge on any atom is -0.393 e. The van der Waals surface area contributed by atoms with Crippen LogP contribution in [0, 0.1) is 0 Å². The van der Waals surface area contributed by atoms with Gasteiger partial charge in [-0.15, -0.1) is 0 Å². The summed E-state index contributed by atoms with van der Waals surface area (Å²) in [6, 6.07) is 0. The van der Waals surface area contributed by atoms with Crippen molar-refractivity contribution in [1.82, 2.24) is 0 Å².